The van der Waals surface area contributed by atoms with Gasteiger partial charge in [-0.1, -0.05) is 48.5 Å². The highest BCUT2D eigenvalue weighted by molar-refractivity contribution is 5.85. The molecular formula is C28H25FN2O4. The molecular weight excluding hydrogens is 447 g/mol. The normalized spacial score (nSPS) is 13.3. The Balaban J connectivity index is 1.30. The predicted octanol–water partition coefficient (Wildman–Crippen LogP) is 5.16. The lowest BCUT2D eigenvalue weighted by molar-refractivity contribution is -0.139. The second-order valence-electron chi connectivity index (χ2n) is 8.87. The number of carboxylic acid groups (broad SMARTS) is 1. The number of aryl methyl sites for hydroxylation is 2. The first-order valence-corrected chi connectivity index (χ1v) is 11.4. The highest BCUT2D eigenvalue weighted by Gasteiger charge is 2.30. The van der Waals surface area contributed by atoms with Gasteiger partial charge in [-0.2, -0.15) is 0 Å². The molecule has 2 N–H and O–H groups in total. The van der Waals surface area contributed by atoms with Gasteiger partial charge in [-0.05, 0) is 47.4 Å². The van der Waals surface area contributed by atoms with Crippen LogP contribution in [0.15, 0.2) is 66.7 Å². The first-order chi connectivity index (χ1) is 16.8. The maximum absolute atomic E-state index is 14.0. The Morgan fingerprint density at radius 2 is 1.69 bits per heavy atom. The second kappa shape index (κ2) is 8.91. The lowest BCUT2D eigenvalue weighted by Gasteiger charge is -2.18. The molecule has 1 unspecified atom stereocenters. The van der Waals surface area contributed by atoms with Gasteiger partial charge in [0.15, 0.2) is 0 Å². The number of halogens is 1. The van der Waals surface area contributed by atoms with Crippen LogP contribution in [0.2, 0.25) is 0 Å². The highest BCUT2D eigenvalue weighted by atomic mass is 19.1. The monoisotopic (exact) mass is 472 g/mol. The summed E-state index contributed by atoms with van der Waals surface area (Å²) in [6, 6.07) is 19.7. The van der Waals surface area contributed by atoms with Crippen LogP contribution in [0.5, 0.6) is 0 Å². The Bertz CT molecular complexity index is 1410. The van der Waals surface area contributed by atoms with Crippen LogP contribution in [-0.4, -0.2) is 34.4 Å². The third-order valence-electron chi connectivity index (χ3n) is 6.83. The quantitative estimate of drug-likeness (QED) is 0.406. The number of fused-ring (bicyclic) bond motifs is 4. The third kappa shape index (κ3) is 4.03. The van der Waals surface area contributed by atoms with Crippen LogP contribution in [0.3, 0.4) is 0 Å². The molecule has 6 nitrogen and oxygen atoms in total. The first kappa shape index (κ1) is 22.7. The smallest absolute Gasteiger partial charge is 0.407 e. The number of nitrogens with one attached hydrogen (secondary N) is 1. The van der Waals surface area contributed by atoms with E-state index >= 15 is 0 Å². The Morgan fingerprint density at radius 1 is 1.06 bits per heavy atom. The summed E-state index contributed by atoms with van der Waals surface area (Å²) >= 11 is 0. The van der Waals surface area contributed by atoms with Gasteiger partial charge in [0.05, 0.1) is 5.52 Å². The van der Waals surface area contributed by atoms with Crippen LogP contribution in [0.4, 0.5) is 9.18 Å². The van der Waals surface area contributed by atoms with Gasteiger partial charge in [-0.3, -0.25) is 0 Å². The molecule has 0 bridgehead atoms. The van der Waals surface area contributed by atoms with Crippen molar-refractivity contribution in [2.24, 2.45) is 7.05 Å². The number of carbonyl (C=O) groups excluding carboxylic acids is 1. The van der Waals surface area contributed by atoms with Crippen molar-refractivity contribution in [3.8, 4) is 11.1 Å². The van der Waals surface area contributed by atoms with Crippen LogP contribution in [0, 0.1) is 12.7 Å². The maximum atomic E-state index is 14.0. The van der Waals surface area contributed by atoms with Crippen molar-refractivity contribution in [3.63, 3.8) is 0 Å². The minimum absolute atomic E-state index is 0.0335. The molecule has 1 aromatic heterocycles. The van der Waals surface area contributed by atoms with E-state index in [1.807, 2.05) is 54.6 Å². The van der Waals surface area contributed by atoms with Crippen LogP contribution < -0.4 is 5.32 Å². The number of amides is 1. The standard InChI is InChI=1S/C28H25FN2O4/c1-16-24(29)12-11-17-13-18(31(2)26(16)17)14-25(27(32)33)30-28(34)35-15-23-21-9-5-3-7-19(21)20-8-4-6-10-22(20)23/h3-13,23,25H,14-15H2,1-2H3,(H,30,34)(H,32,33). The minimum atomic E-state index is -1.20. The molecule has 4 aromatic rings. The summed E-state index contributed by atoms with van der Waals surface area (Å²) < 4.78 is 21.3. The molecule has 3 aromatic carbocycles. The van der Waals surface area contributed by atoms with E-state index in [0.29, 0.717) is 16.8 Å². The molecule has 0 spiro atoms. The number of carbonyl (C=O) groups is 2. The van der Waals surface area contributed by atoms with Gasteiger partial charge in [0.2, 0.25) is 0 Å². The molecule has 0 radical (unpaired) electrons. The lowest BCUT2D eigenvalue weighted by Crippen LogP contribution is -2.43. The average molecular weight is 473 g/mol. The van der Waals surface area contributed by atoms with Gasteiger partial charge in [0.25, 0.3) is 0 Å². The van der Waals surface area contributed by atoms with E-state index in [1.54, 1.807) is 24.6 Å². The predicted molar refractivity (Wildman–Crippen MR) is 131 cm³/mol. The fourth-order valence-corrected chi connectivity index (χ4v) is 5.07. The second-order valence-corrected chi connectivity index (χ2v) is 8.87. The number of alkyl carbamates (subject to hydrolysis) is 1. The number of ether oxygens (including phenoxy) is 1. The Hall–Kier alpha value is -4.13. The lowest BCUT2D eigenvalue weighted by atomic mass is 9.98. The number of carboxylic acids is 1. The van der Waals surface area contributed by atoms with Crippen LogP contribution in [0.25, 0.3) is 22.0 Å². The molecule has 7 heteroatoms. The molecule has 5 rings (SSSR count). The van der Waals surface area contributed by atoms with Crippen molar-refractivity contribution in [1.82, 2.24) is 9.88 Å². The first-order valence-electron chi connectivity index (χ1n) is 11.4. The summed E-state index contributed by atoms with van der Waals surface area (Å²) in [5.41, 5.74) is 6.24. The molecule has 35 heavy (non-hydrogen) atoms. The van der Waals surface area contributed by atoms with Crippen LogP contribution >= 0.6 is 0 Å². The number of rotatable bonds is 6. The van der Waals surface area contributed by atoms with Crippen molar-refractivity contribution in [3.05, 3.63) is 94.9 Å². The van der Waals surface area contributed by atoms with E-state index in [-0.39, 0.29) is 24.8 Å². The molecule has 0 saturated heterocycles. The van der Waals surface area contributed by atoms with E-state index in [1.165, 1.54) is 6.07 Å². The molecule has 178 valence electrons. The van der Waals surface area contributed by atoms with Crippen LogP contribution in [0.1, 0.15) is 28.3 Å². The van der Waals surface area contributed by atoms with Gasteiger partial charge in [0.1, 0.15) is 18.5 Å². The fraction of sp³-hybridized carbons (Fsp3) is 0.214. The van der Waals surface area contributed by atoms with E-state index in [4.69, 9.17) is 4.74 Å². The molecule has 0 saturated carbocycles. The largest absolute Gasteiger partial charge is 0.480 e. The van der Waals surface area contributed by atoms with Crippen LogP contribution in [-0.2, 0) is 23.0 Å². The average Bonchev–Trinajstić information content (AvgIpc) is 3.34. The molecule has 1 atom stereocenters. The van der Waals surface area contributed by atoms with Gasteiger partial charge in [-0.15, -0.1) is 0 Å². The van der Waals surface area contributed by atoms with Crippen molar-refractivity contribution in [2.75, 3.05) is 6.61 Å². The van der Waals surface area contributed by atoms with Gasteiger partial charge >= 0.3 is 12.1 Å². The number of hydrogen-bond acceptors (Lipinski definition) is 3. The third-order valence-corrected chi connectivity index (χ3v) is 6.83. The molecule has 1 aliphatic carbocycles. The number of nitrogens with zero attached hydrogens (tertiary/aromatic N) is 1. The number of hydrogen-bond donors (Lipinski definition) is 2. The summed E-state index contributed by atoms with van der Waals surface area (Å²) in [6.45, 7) is 1.78. The van der Waals surface area contributed by atoms with Gasteiger partial charge in [-0.25, -0.2) is 14.0 Å². The van der Waals surface area contributed by atoms with Gasteiger partial charge < -0.3 is 19.7 Å². The molecule has 0 fully saturated rings. The van der Waals surface area contributed by atoms with E-state index in [9.17, 15) is 19.1 Å². The maximum Gasteiger partial charge on any atom is 0.407 e. The van der Waals surface area contributed by atoms with E-state index < -0.39 is 18.1 Å². The summed E-state index contributed by atoms with van der Waals surface area (Å²) in [4.78, 5) is 24.6. The number of aliphatic carboxylic acids is 1. The zero-order valence-corrected chi connectivity index (χ0v) is 19.4. The topological polar surface area (TPSA) is 80.6 Å². The fourth-order valence-electron chi connectivity index (χ4n) is 5.07. The Kier molecular flexibility index (Phi) is 5.76. The summed E-state index contributed by atoms with van der Waals surface area (Å²) in [5.74, 6) is -1.61. The van der Waals surface area contributed by atoms with E-state index in [0.717, 1.165) is 27.6 Å². The van der Waals surface area contributed by atoms with Gasteiger partial charge in [0, 0.05) is 36.0 Å². The summed E-state index contributed by atoms with van der Waals surface area (Å²) in [7, 11) is 1.76. The zero-order chi connectivity index (χ0) is 24.7. The molecule has 1 aliphatic rings. The summed E-state index contributed by atoms with van der Waals surface area (Å²) in [6.07, 6.45) is -0.758. The van der Waals surface area contributed by atoms with Crippen molar-refractivity contribution < 1.29 is 23.8 Å². The van der Waals surface area contributed by atoms with Crippen molar-refractivity contribution in [1.29, 1.82) is 0 Å². The zero-order valence-electron chi connectivity index (χ0n) is 19.4. The number of benzene rings is 3. The number of aromatic nitrogens is 1. The summed E-state index contributed by atoms with van der Waals surface area (Å²) in [5, 5.41) is 13.0. The Labute approximate surface area is 202 Å². The minimum Gasteiger partial charge on any atom is -0.480 e. The molecule has 1 amide bonds. The highest BCUT2D eigenvalue weighted by Crippen LogP contribution is 2.44. The SMILES string of the molecule is Cc1c(F)ccc2cc(CC(NC(=O)OCC3c4ccccc4-c4ccccc43)C(=O)O)n(C)c12. The van der Waals surface area contributed by atoms with Crippen molar-refractivity contribution in [2.45, 2.75) is 25.3 Å². The van der Waals surface area contributed by atoms with E-state index in [2.05, 4.69) is 5.32 Å². The Morgan fingerprint density at radius 3 is 2.31 bits per heavy atom. The molecule has 1 heterocycles. The molecule has 0 aliphatic heterocycles. The van der Waals surface area contributed by atoms with Crippen molar-refractivity contribution >= 4 is 23.0 Å².